The molecule has 1 aromatic carbocycles. The number of sulfonamides is 1. The van der Waals surface area contributed by atoms with Gasteiger partial charge in [0, 0.05) is 13.7 Å². The number of halogens is 1. The Morgan fingerprint density at radius 2 is 1.94 bits per heavy atom. The molecule has 0 fully saturated rings. The lowest BCUT2D eigenvalue weighted by atomic mass is 10.1. The van der Waals surface area contributed by atoms with E-state index < -0.39 is 10.0 Å². The maximum atomic E-state index is 11.3. The fourth-order valence-electron chi connectivity index (χ4n) is 1.25. The summed E-state index contributed by atoms with van der Waals surface area (Å²) in [6.45, 7) is 0.764. The molecule has 0 aliphatic heterocycles. The predicted octanol–water partition coefficient (Wildman–Crippen LogP) is 1.60. The number of hydrogen-bond donors (Lipinski definition) is 1. The van der Waals surface area contributed by atoms with Gasteiger partial charge in [-0.1, -0.05) is 40.2 Å². The number of methoxy groups -OCH3 is 1. The largest absolute Gasteiger partial charge is 0.380 e. The summed E-state index contributed by atoms with van der Waals surface area (Å²) in [5.74, 6) is 0. The smallest absolute Gasteiger partial charge is 0.221 e. The minimum absolute atomic E-state index is 0.0908. The van der Waals surface area contributed by atoms with Crippen molar-refractivity contribution >= 4 is 26.0 Å². The van der Waals surface area contributed by atoms with Gasteiger partial charge in [-0.25, -0.2) is 13.1 Å². The number of alkyl halides is 1. The molecule has 90 valence electrons. The second-order valence-corrected chi connectivity index (χ2v) is 6.36. The minimum Gasteiger partial charge on any atom is -0.380 e. The highest BCUT2D eigenvalue weighted by Crippen LogP contribution is 2.10. The van der Waals surface area contributed by atoms with Crippen molar-refractivity contribution in [1.82, 2.24) is 4.72 Å². The summed E-state index contributed by atoms with van der Waals surface area (Å²) in [4.78, 5) is 0. The van der Waals surface area contributed by atoms with Crippen molar-refractivity contribution in [1.29, 1.82) is 0 Å². The molecule has 0 aliphatic rings. The monoisotopic (exact) mass is 307 g/mol. The Morgan fingerprint density at radius 1 is 1.31 bits per heavy atom. The van der Waals surface area contributed by atoms with E-state index in [0.717, 1.165) is 11.1 Å². The highest BCUT2D eigenvalue weighted by Gasteiger charge is 2.08. The van der Waals surface area contributed by atoms with E-state index in [1.807, 2.05) is 24.3 Å². The Balaban J connectivity index is 2.73. The summed E-state index contributed by atoms with van der Waals surface area (Å²) in [6, 6.07) is 7.57. The lowest BCUT2D eigenvalue weighted by Gasteiger charge is -2.09. The van der Waals surface area contributed by atoms with Gasteiger partial charge in [-0.05, 0) is 11.1 Å². The first kappa shape index (κ1) is 13.6. The third kappa shape index (κ3) is 4.21. The van der Waals surface area contributed by atoms with Gasteiger partial charge in [0.1, 0.15) is 4.66 Å². The lowest BCUT2D eigenvalue weighted by Crippen LogP contribution is -2.24. The molecule has 0 atom stereocenters. The Bertz CT molecular complexity index is 433. The van der Waals surface area contributed by atoms with Crippen molar-refractivity contribution in [2.75, 3.05) is 11.8 Å². The van der Waals surface area contributed by atoms with E-state index in [-0.39, 0.29) is 11.2 Å². The number of benzene rings is 1. The molecule has 0 radical (unpaired) electrons. The van der Waals surface area contributed by atoms with Crippen LogP contribution in [0.2, 0.25) is 0 Å². The maximum absolute atomic E-state index is 11.3. The van der Waals surface area contributed by atoms with Gasteiger partial charge in [-0.3, -0.25) is 0 Å². The molecule has 0 heterocycles. The minimum atomic E-state index is -3.22. The molecule has 0 unspecified atom stereocenters. The van der Waals surface area contributed by atoms with Gasteiger partial charge in [0.15, 0.2) is 0 Å². The fourth-order valence-corrected chi connectivity index (χ4v) is 2.19. The third-order valence-corrected chi connectivity index (χ3v) is 4.72. The molecule has 0 aromatic heterocycles. The van der Waals surface area contributed by atoms with E-state index in [4.69, 9.17) is 4.74 Å². The van der Waals surface area contributed by atoms with Crippen LogP contribution < -0.4 is 4.72 Å². The van der Waals surface area contributed by atoms with E-state index in [2.05, 4.69) is 20.7 Å². The Morgan fingerprint density at radius 3 is 2.50 bits per heavy atom. The SMILES string of the molecule is COCc1ccccc1CNS(=O)(=O)CBr. The zero-order valence-electron chi connectivity index (χ0n) is 8.94. The molecule has 0 spiro atoms. The van der Waals surface area contributed by atoms with Crippen LogP contribution in [0.5, 0.6) is 0 Å². The van der Waals surface area contributed by atoms with E-state index in [1.54, 1.807) is 7.11 Å². The van der Waals surface area contributed by atoms with Crippen molar-refractivity contribution in [3.05, 3.63) is 35.4 Å². The third-order valence-electron chi connectivity index (χ3n) is 2.04. The normalized spacial score (nSPS) is 11.6. The Labute approximate surface area is 104 Å². The molecular formula is C10H14BrNO3S. The van der Waals surface area contributed by atoms with Crippen molar-refractivity contribution in [3.8, 4) is 0 Å². The molecule has 4 nitrogen and oxygen atoms in total. The van der Waals surface area contributed by atoms with Crippen LogP contribution in [0.15, 0.2) is 24.3 Å². The fraction of sp³-hybridized carbons (Fsp3) is 0.400. The molecular weight excluding hydrogens is 294 g/mol. The molecule has 0 saturated carbocycles. The van der Waals surface area contributed by atoms with Gasteiger partial charge in [0.25, 0.3) is 0 Å². The van der Waals surface area contributed by atoms with Crippen LogP contribution in [0.3, 0.4) is 0 Å². The molecule has 0 amide bonds. The summed E-state index contributed by atoms with van der Waals surface area (Å²) in [5, 5.41) is 0. The average Bonchev–Trinajstić information content (AvgIpc) is 2.28. The number of nitrogens with one attached hydrogen (secondary N) is 1. The van der Waals surface area contributed by atoms with Crippen molar-refractivity contribution in [3.63, 3.8) is 0 Å². The highest BCUT2D eigenvalue weighted by atomic mass is 79.9. The first-order valence-corrected chi connectivity index (χ1v) is 7.45. The molecule has 0 aliphatic carbocycles. The van der Waals surface area contributed by atoms with E-state index in [0.29, 0.717) is 6.61 Å². The quantitative estimate of drug-likeness (QED) is 0.812. The van der Waals surface area contributed by atoms with Crippen LogP contribution in [-0.2, 0) is 27.9 Å². The van der Waals surface area contributed by atoms with Crippen LogP contribution in [-0.4, -0.2) is 20.2 Å². The molecule has 1 rings (SSSR count). The van der Waals surface area contributed by atoms with Crippen LogP contribution in [0.1, 0.15) is 11.1 Å². The van der Waals surface area contributed by atoms with Gasteiger partial charge in [-0.15, -0.1) is 0 Å². The summed E-state index contributed by atoms with van der Waals surface area (Å²) in [6.07, 6.45) is 0. The van der Waals surface area contributed by atoms with Gasteiger partial charge in [0.2, 0.25) is 10.0 Å². The van der Waals surface area contributed by atoms with Crippen LogP contribution >= 0.6 is 15.9 Å². The van der Waals surface area contributed by atoms with Gasteiger partial charge in [-0.2, -0.15) is 0 Å². The summed E-state index contributed by atoms with van der Waals surface area (Å²) in [7, 11) is -1.61. The summed E-state index contributed by atoms with van der Waals surface area (Å²) >= 11 is 2.92. The van der Waals surface area contributed by atoms with E-state index >= 15 is 0 Å². The maximum Gasteiger partial charge on any atom is 0.221 e. The number of rotatable bonds is 6. The van der Waals surface area contributed by atoms with E-state index in [1.165, 1.54) is 0 Å². The highest BCUT2D eigenvalue weighted by molar-refractivity contribution is 9.10. The average molecular weight is 308 g/mol. The first-order valence-electron chi connectivity index (χ1n) is 4.68. The standard InChI is InChI=1S/C10H14BrNO3S/c1-15-7-10-5-3-2-4-9(10)6-12-16(13,14)8-11/h2-5,12H,6-8H2,1H3. The Hall–Kier alpha value is -0.430. The zero-order valence-corrected chi connectivity index (χ0v) is 11.3. The molecule has 16 heavy (non-hydrogen) atoms. The Kier molecular flexibility index (Phi) is 5.40. The van der Waals surface area contributed by atoms with Crippen molar-refractivity contribution < 1.29 is 13.2 Å². The second-order valence-electron chi connectivity index (χ2n) is 3.25. The van der Waals surface area contributed by atoms with Crippen LogP contribution in [0.25, 0.3) is 0 Å². The topological polar surface area (TPSA) is 55.4 Å². The zero-order chi connectivity index (χ0) is 12.0. The van der Waals surface area contributed by atoms with Gasteiger partial charge >= 0.3 is 0 Å². The van der Waals surface area contributed by atoms with E-state index in [9.17, 15) is 8.42 Å². The molecule has 1 aromatic rings. The lowest BCUT2D eigenvalue weighted by molar-refractivity contribution is 0.184. The molecule has 0 bridgehead atoms. The molecule has 1 N–H and O–H groups in total. The van der Waals surface area contributed by atoms with Crippen LogP contribution in [0.4, 0.5) is 0 Å². The molecule has 0 saturated heterocycles. The second kappa shape index (κ2) is 6.34. The van der Waals surface area contributed by atoms with Crippen molar-refractivity contribution in [2.45, 2.75) is 13.2 Å². The molecule has 6 heteroatoms. The number of hydrogen-bond acceptors (Lipinski definition) is 3. The van der Waals surface area contributed by atoms with Gasteiger partial charge in [0.05, 0.1) is 6.61 Å². The number of ether oxygens (including phenoxy) is 1. The van der Waals surface area contributed by atoms with Crippen LogP contribution in [0, 0.1) is 0 Å². The summed E-state index contributed by atoms with van der Waals surface area (Å²) in [5.41, 5.74) is 1.91. The van der Waals surface area contributed by atoms with Crippen molar-refractivity contribution in [2.24, 2.45) is 0 Å². The first-order chi connectivity index (χ1) is 7.59. The van der Waals surface area contributed by atoms with Gasteiger partial charge < -0.3 is 4.74 Å². The summed E-state index contributed by atoms with van der Waals surface area (Å²) < 4.78 is 29.9. The predicted molar refractivity (Wildman–Crippen MR) is 66.7 cm³/mol.